The van der Waals surface area contributed by atoms with Crippen LogP contribution in [0.25, 0.3) is 0 Å². The molecule has 1 heterocycles. The highest BCUT2D eigenvalue weighted by atomic mass is 16.5. The minimum Gasteiger partial charge on any atom is -0.480 e. The highest BCUT2D eigenvalue weighted by Crippen LogP contribution is 2.17. The Morgan fingerprint density at radius 3 is 2.16 bits per heavy atom. The lowest BCUT2D eigenvalue weighted by molar-refractivity contribution is -0.137. The van der Waals surface area contributed by atoms with Gasteiger partial charge in [-0.2, -0.15) is 0 Å². The molecule has 0 aromatic rings. The van der Waals surface area contributed by atoms with Gasteiger partial charge < -0.3 is 24.4 Å². The molecule has 19 heavy (non-hydrogen) atoms. The van der Waals surface area contributed by atoms with Gasteiger partial charge in [-0.05, 0) is 6.42 Å². The molecule has 7 nitrogen and oxygen atoms in total. The Balaban J connectivity index is 2.67. The fourth-order valence-electron chi connectivity index (χ4n) is 2.23. The number of carboxylic acids is 1. The Bertz CT molecular complexity index is 311. The Labute approximate surface area is 113 Å². The zero-order valence-corrected chi connectivity index (χ0v) is 11.7. The van der Waals surface area contributed by atoms with Crippen LogP contribution < -0.4 is 0 Å². The van der Waals surface area contributed by atoms with Crippen molar-refractivity contribution in [2.45, 2.75) is 25.6 Å². The molecule has 0 radical (unpaired) electrons. The number of methoxy groups -OCH3 is 2. The molecule has 0 aliphatic carbocycles. The molecule has 0 saturated carbocycles. The first kappa shape index (κ1) is 15.7. The maximum Gasteiger partial charge on any atom is 0.323 e. The molecule has 0 spiro atoms. The molecule has 1 N–H and O–H groups in total. The third-order valence-electron chi connectivity index (χ3n) is 3.18. The van der Waals surface area contributed by atoms with Gasteiger partial charge in [-0.3, -0.25) is 4.79 Å². The van der Waals surface area contributed by atoms with E-state index in [0.717, 1.165) is 0 Å². The molecule has 0 aromatic heterocycles. The summed E-state index contributed by atoms with van der Waals surface area (Å²) in [6.07, 6.45) is 0.387. The van der Waals surface area contributed by atoms with Gasteiger partial charge in [0.2, 0.25) is 0 Å². The Morgan fingerprint density at radius 1 is 1.26 bits per heavy atom. The maximum atomic E-state index is 12.3. The van der Waals surface area contributed by atoms with Crippen LogP contribution in [-0.4, -0.2) is 79.5 Å². The van der Waals surface area contributed by atoms with Crippen molar-refractivity contribution in [3.05, 3.63) is 0 Å². The third-order valence-corrected chi connectivity index (χ3v) is 3.18. The van der Waals surface area contributed by atoms with E-state index in [4.69, 9.17) is 14.6 Å². The van der Waals surface area contributed by atoms with Gasteiger partial charge in [-0.15, -0.1) is 0 Å². The molecule has 1 aliphatic heterocycles. The summed E-state index contributed by atoms with van der Waals surface area (Å²) in [5.74, 6) is -1.01. The van der Waals surface area contributed by atoms with Crippen LogP contribution in [-0.2, 0) is 14.3 Å². The molecule has 0 bridgehead atoms. The zero-order chi connectivity index (χ0) is 14.4. The van der Waals surface area contributed by atoms with E-state index < -0.39 is 5.97 Å². The smallest absolute Gasteiger partial charge is 0.323 e. The molecular weight excluding hydrogens is 252 g/mol. The van der Waals surface area contributed by atoms with E-state index in [1.54, 1.807) is 19.1 Å². The highest BCUT2D eigenvalue weighted by molar-refractivity contribution is 5.80. The van der Waals surface area contributed by atoms with Crippen molar-refractivity contribution in [3.8, 4) is 0 Å². The lowest BCUT2D eigenvalue weighted by Crippen LogP contribution is -2.45. The van der Waals surface area contributed by atoms with Crippen molar-refractivity contribution in [1.82, 2.24) is 9.80 Å². The van der Waals surface area contributed by atoms with Crippen LogP contribution in [0.5, 0.6) is 0 Å². The number of hydrogen-bond acceptors (Lipinski definition) is 4. The van der Waals surface area contributed by atoms with Crippen molar-refractivity contribution in [2.75, 3.05) is 40.4 Å². The van der Waals surface area contributed by atoms with Crippen LogP contribution in [0.1, 0.15) is 13.3 Å². The number of aliphatic carboxylic acids is 1. The molecule has 1 saturated heterocycles. The standard InChI is InChI=1S/C12H22N2O5/c1-4-5-13(8-11(15)16)12(17)14-6-9(18-2)10(7-14)19-3/h9-10H,4-8H2,1-3H3,(H,15,16). The number of urea groups is 1. The number of hydrogen-bond donors (Lipinski definition) is 1. The summed E-state index contributed by atoms with van der Waals surface area (Å²) in [6, 6.07) is -0.272. The summed E-state index contributed by atoms with van der Waals surface area (Å²) in [5.41, 5.74) is 0. The second-order valence-electron chi connectivity index (χ2n) is 4.55. The fraction of sp³-hybridized carbons (Fsp3) is 0.833. The van der Waals surface area contributed by atoms with E-state index in [1.165, 1.54) is 4.90 Å². The monoisotopic (exact) mass is 274 g/mol. The van der Waals surface area contributed by atoms with Crippen molar-refractivity contribution < 1.29 is 24.2 Å². The number of carbonyl (C=O) groups is 2. The van der Waals surface area contributed by atoms with Crippen LogP contribution in [0.2, 0.25) is 0 Å². The van der Waals surface area contributed by atoms with Gasteiger partial charge in [-0.25, -0.2) is 4.79 Å². The molecular formula is C12H22N2O5. The number of carbonyl (C=O) groups excluding carboxylic acids is 1. The van der Waals surface area contributed by atoms with E-state index in [0.29, 0.717) is 26.1 Å². The van der Waals surface area contributed by atoms with Crippen molar-refractivity contribution in [1.29, 1.82) is 0 Å². The molecule has 1 rings (SSSR count). The minimum absolute atomic E-state index is 0.165. The Kier molecular flexibility index (Phi) is 6.04. The minimum atomic E-state index is -1.01. The van der Waals surface area contributed by atoms with Crippen LogP contribution in [0.15, 0.2) is 0 Å². The molecule has 1 aliphatic rings. The van der Waals surface area contributed by atoms with Crippen LogP contribution in [0, 0.1) is 0 Å². The SMILES string of the molecule is CCCN(CC(=O)O)C(=O)N1CC(OC)C(OC)C1. The summed E-state index contributed by atoms with van der Waals surface area (Å²) < 4.78 is 10.5. The first-order chi connectivity index (χ1) is 9.03. The Hall–Kier alpha value is -1.34. The number of ether oxygens (including phenoxy) is 2. The van der Waals surface area contributed by atoms with E-state index in [9.17, 15) is 9.59 Å². The van der Waals surface area contributed by atoms with E-state index in [2.05, 4.69) is 0 Å². The summed E-state index contributed by atoms with van der Waals surface area (Å²) in [6.45, 7) is 2.90. The highest BCUT2D eigenvalue weighted by Gasteiger charge is 2.37. The first-order valence-electron chi connectivity index (χ1n) is 6.34. The number of amides is 2. The molecule has 2 unspecified atom stereocenters. The molecule has 2 atom stereocenters. The topological polar surface area (TPSA) is 79.3 Å². The normalized spacial score (nSPS) is 22.6. The number of carboxylic acid groups (broad SMARTS) is 1. The van der Waals surface area contributed by atoms with E-state index >= 15 is 0 Å². The van der Waals surface area contributed by atoms with Gasteiger partial charge in [0.15, 0.2) is 0 Å². The van der Waals surface area contributed by atoms with Gasteiger partial charge in [0.25, 0.3) is 0 Å². The average Bonchev–Trinajstić information content (AvgIpc) is 2.80. The summed E-state index contributed by atoms with van der Waals surface area (Å²) in [4.78, 5) is 26.0. The van der Waals surface area contributed by atoms with E-state index in [1.807, 2.05) is 6.92 Å². The van der Waals surface area contributed by atoms with Crippen LogP contribution >= 0.6 is 0 Å². The quantitative estimate of drug-likeness (QED) is 0.751. The van der Waals surface area contributed by atoms with Crippen molar-refractivity contribution in [3.63, 3.8) is 0 Å². The fourth-order valence-corrected chi connectivity index (χ4v) is 2.23. The summed E-state index contributed by atoms with van der Waals surface area (Å²) >= 11 is 0. The maximum absolute atomic E-state index is 12.3. The predicted molar refractivity (Wildman–Crippen MR) is 68.1 cm³/mol. The molecule has 2 amide bonds. The Morgan fingerprint density at radius 2 is 1.79 bits per heavy atom. The lowest BCUT2D eigenvalue weighted by atomic mass is 10.3. The first-order valence-corrected chi connectivity index (χ1v) is 6.34. The molecule has 0 aromatic carbocycles. The number of nitrogens with zero attached hydrogens (tertiary/aromatic N) is 2. The summed E-state index contributed by atoms with van der Waals surface area (Å²) in [7, 11) is 3.15. The van der Waals surface area contributed by atoms with Crippen LogP contribution in [0.3, 0.4) is 0 Å². The number of likely N-dealkylation sites (tertiary alicyclic amines) is 1. The van der Waals surface area contributed by atoms with Crippen molar-refractivity contribution >= 4 is 12.0 Å². The molecule has 7 heteroatoms. The van der Waals surface area contributed by atoms with Crippen LogP contribution in [0.4, 0.5) is 4.79 Å². The second-order valence-corrected chi connectivity index (χ2v) is 4.55. The van der Waals surface area contributed by atoms with E-state index in [-0.39, 0.29) is 24.8 Å². The molecule has 1 fully saturated rings. The predicted octanol–water partition coefficient (Wildman–Crippen LogP) is 0.249. The third kappa shape index (κ3) is 4.07. The number of rotatable bonds is 6. The lowest BCUT2D eigenvalue weighted by Gasteiger charge is -2.26. The second kappa shape index (κ2) is 7.30. The van der Waals surface area contributed by atoms with Gasteiger partial charge in [0.05, 0.1) is 13.1 Å². The average molecular weight is 274 g/mol. The van der Waals surface area contributed by atoms with Gasteiger partial charge >= 0.3 is 12.0 Å². The van der Waals surface area contributed by atoms with Gasteiger partial charge in [0.1, 0.15) is 18.8 Å². The zero-order valence-electron chi connectivity index (χ0n) is 11.7. The molecule has 110 valence electrons. The van der Waals surface area contributed by atoms with Crippen molar-refractivity contribution in [2.24, 2.45) is 0 Å². The largest absolute Gasteiger partial charge is 0.480 e. The van der Waals surface area contributed by atoms with Gasteiger partial charge in [0, 0.05) is 20.8 Å². The van der Waals surface area contributed by atoms with Gasteiger partial charge in [-0.1, -0.05) is 6.92 Å². The summed E-state index contributed by atoms with van der Waals surface area (Å²) in [5, 5.41) is 8.84.